The van der Waals surface area contributed by atoms with Gasteiger partial charge in [-0.05, 0) is 78.2 Å². The number of carbonyl (C=O) groups excluding carboxylic acids is 1. The lowest BCUT2D eigenvalue weighted by molar-refractivity contribution is -0.113. The van der Waals surface area contributed by atoms with Crippen LogP contribution < -0.4 is 29.7 Å². The molecule has 1 aromatic heterocycles. The van der Waals surface area contributed by atoms with Gasteiger partial charge >= 0.3 is 5.97 Å². The number of fused-ring (bicyclic) bond motifs is 1. The van der Waals surface area contributed by atoms with E-state index in [4.69, 9.17) is 19.6 Å². The SMILES string of the molecule is COc1ccc([C@H]2C(C(=O)Nc3ccccc3)=C(C)N=c3s/c(=C/c4ccc(OCc5ccc(C(=O)O)cc5)cc4)c(=O)n32)cc1. The van der Waals surface area contributed by atoms with Crippen molar-refractivity contribution in [3.05, 3.63) is 156 Å². The number of allylic oxidation sites excluding steroid dienone is 1. The molecule has 0 bridgehead atoms. The molecule has 1 atom stereocenters. The Morgan fingerprint density at radius 1 is 0.935 bits per heavy atom. The second-order valence-corrected chi connectivity index (χ2v) is 11.5. The number of anilines is 1. The summed E-state index contributed by atoms with van der Waals surface area (Å²) in [6.45, 7) is 2.06. The highest BCUT2D eigenvalue weighted by Crippen LogP contribution is 2.31. The molecule has 0 saturated heterocycles. The summed E-state index contributed by atoms with van der Waals surface area (Å²) in [5.41, 5.74) is 3.90. The van der Waals surface area contributed by atoms with Crippen LogP contribution in [-0.4, -0.2) is 28.7 Å². The van der Waals surface area contributed by atoms with E-state index in [9.17, 15) is 14.4 Å². The third kappa shape index (κ3) is 6.38. The molecule has 0 radical (unpaired) electrons. The van der Waals surface area contributed by atoms with Gasteiger partial charge in [0.2, 0.25) is 0 Å². The van der Waals surface area contributed by atoms with Crippen LogP contribution in [0, 0.1) is 0 Å². The fourth-order valence-corrected chi connectivity index (χ4v) is 6.20. The summed E-state index contributed by atoms with van der Waals surface area (Å²) in [4.78, 5) is 44.0. The van der Waals surface area contributed by atoms with Crippen LogP contribution in [0.4, 0.5) is 5.69 Å². The molecule has 230 valence electrons. The summed E-state index contributed by atoms with van der Waals surface area (Å²) in [6.07, 6.45) is 1.80. The van der Waals surface area contributed by atoms with Crippen molar-refractivity contribution in [2.75, 3.05) is 12.4 Å². The monoisotopic (exact) mass is 631 g/mol. The molecule has 9 nitrogen and oxygen atoms in total. The first-order valence-electron chi connectivity index (χ1n) is 14.4. The van der Waals surface area contributed by atoms with Gasteiger partial charge in [0.05, 0.1) is 34.5 Å². The number of nitrogens with zero attached hydrogens (tertiary/aromatic N) is 2. The van der Waals surface area contributed by atoms with Crippen molar-refractivity contribution in [1.29, 1.82) is 0 Å². The third-order valence-corrected chi connectivity index (χ3v) is 8.50. The number of thiazole rings is 1. The molecule has 0 spiro atoms. The van der Waals surface area contributed by atoms with Crippen LogP contribution in [0.2, 0.25) is 0 Å². The standard InChI is InChI=1S/C36H29N3O6S/c1-22-31(33(40)38-27-6-4-3-5-7-27)32(25-14-18-28(44-2)19-15-25)39-34(41)30(46-36(39)37-22)20-23-10-16-29(17-11-23)45-21-24-8-12-26(13-9-24)35(42)43/h3-20,32H,21H2,1-2H3,(H,38,40)(H,42,43)/b30-20+/t32-/m0/s1. The molecule has 1 amide bonds. The van der Waals surface area contributed by atoms with Crippen molar-refractivity contribution in [3.63, 3.8) is 0 Å². The molecule has 10 heteroatoms. The summed E-state index contributed by atoms with van der Waals surface area (Å²) in [5, 5.41) is 12.0. The number of benzene rings is 4. The first-order valence-corrected chi connectivity index (χ1v) is 15.2. The Labute approximate surface area is 268 Å². The number of para-hydroxylation sites is 1. The predicted molar refractivity (Wildman–Crippen MR) is 176 cm³/mol. The summed E-state index contributed by atoms with van der Waals surface area (Å²) in [5.74, 6) is -0.0207. The maximum Gasteiger partial charge on any atom is 0.335 e. The molecule has 0 fully saturated rings. The van der Waals surface area contributed by atoms with Crippen molar-refractivity contribution in [1.82, 2.24) is 4.57 Å². The molecule has 1 aliphatic heterocycles. The van der Waals surface area contributed by atoms with Crippen LogP contribution in [0.3, 0.4) is 0 Å². The number of amides is 1. The molecular formula is C36H29N3O6S. The van der Waals surface area contributed by atoms with Crippen molar-refractivity contribution in [2.45, 2.75) is 19.6 Å². The molecule has 5 aromatic rings. The third-order valence-electron chi connectivity index (χ3n) is 7.51. The summed E-state index contributed by atoms with van der Waals surface area (Å²) < 4.78 is 13.3. The van der Waals surface area contributed by atoms with Crippen LogP contribution in [0.1, 0.15) is 40.0 Å². The van der Waals surface area contributed by atoms with E-state index in [0.29, 0.717) is 37.8 Å². The van der Waals surface area contributed by atoms with Crippen LogP contribution in [0.25, 0.3) is 6.08 Å². The van der Waals surface area contributed by atoms with Crippen molar-refractivity contribution >= 4 is 35.0 Å². The number of carboxylic acid groups (broad SMARTS) is 1. The number of carbonyl (C=O) groups is 2. The number of carboxylic acids is 1. The lowest BCUT2D eigenvalue weighted by Crippen LogP contribution is -2.40. The van der Waals surface area contributed by atoms with Gasteiger partial charge in [-0.15, -0.1) is 0 Å². The van der Waals surface area contributed by atoms with E-state index in [-0.39, 0.29) is 23.6 Å². The molecule has 0 saturated carbocycles. The van der Waals surface area contributed by atoms with E-state index in [0.717, 1.165) is 16.7 Å². The Hall–Kier alpha value is -5.74. The van der Waals surface area contributed by atoms with E-state index < -0.39 is 12.0 Å². The van der Waals surface area contributed by atoms with Gasteiger partial charge in [0.15, 0.2) is 4.80 Å². The fourth-order valence-electron chi connectivity index (χ4n) is 5.16. The van der Waals surface area contributed by atoms with Crippen LogP contribution in [0.5, 0.6) is 11.5 Å². The molecule has 1 aliphatic rings. The van der Waals surface area contributed by atoms with Crippen LogP contribution in [0.15, 0.2) is 124 Å². The minimum absolute atomic E-state index is 0.218. The highest BCUT2D eigenvalue weighted by molar-refractivity contribution is 7.07. The number of nitrogens with one attached hydrogen (secondary N) is 1. The van der Waals surface area contributed by atoms with Gasteiger partial charge in [0, 0.05) is 5.69 Å². The summed E-state index contributed by atoms with van der Waals surface area (Å²) in [6, 6.07) is 29.6. The fraction of sp³-hybridized carbons (Fsp3) is 0.111. The summed E-state index contributed by atoms with van der Waals surface area (Å²) >= 11 is 1.26. The molecule has 6 rings (SSSR count). The predicted octanol–water partition coefficient (Wildman–Crippen LogP) is 5.16. The largest absolute Gasteiger partial charge is 0.497 e. The molecule has 0 unspecified atom stereocenters. The lowest BCUT2D eigenvalue weighted by Gasteiger charge is -2.25. The Balaban J connectivity index is 1.31. The zero-order chi connectivity index (χ0) is 32.2. The van der Waals surface area contributed by atoms with Gasteiger partial charge in [-0.25, -0.2) is 9.79 Å². The van der Waals surface area contributed by atoms with Crippen molar-refractivity contribution < 1.29 is 24.2 Å². The number of ether oxygens (including phenoxy) is 2. The number of hydrogen-bond donors (Lipinski definition) is 2. The van der Waals surface area contributed by atoms with E-state index in [2.05, 4.69) is 5.32 Å². The zero-order valence-electron chi connectivity index (χ0n) is 25.0. The van der Waals surface area contributed by atoms with Gasteiger partial charge in [-0.1, -0.05) is 65.9 Å². The number of methoxy groups -OCH3 is 1. The number of hydrogen-bond acceptors (Lipinski definition) is 7. The van der Waals surface area contributed by atoms with E-state index >= 15 is 0 Å². The Morgan fingerprint density at radius 3 is 2.26 bits per heavy atom. The highest BCUT2D eigenvalue weighted by atomic mass is 32.1. The van der Waals surface area contributed by atoms with Crippen LogP contribution >= 0.6 is 11.3 Å². The van der Waals surface area contributed by atoms with Gasteiger partial charge in [0.25, 0.3) is 11.5 Å². The Bertz CT molecular complexity index is 2120. The van der Waals surface area contributed by atoms with Gasteiger partial charge < -0.3 is 19.9 Å². The molecular weight excluding hydrogens is 602 g/mol. The molecule has 4 aromatic carbocycles. The van der Waals surface area contributed by atoms with Gasteiger partial charge in [-0.2, -0.15) is 0 Å². The summed E-state index contributed by atoms with van der Waals surface area (Å²) in [7, 11) is 1.58. The number of rotatable bonds is 9. The second kappa shape index (κ2) is 13.1. The van der Waals surface area contributed by atoms with Gasteiger partial charge in [-0.3, -0.25) is 14.2 Å². The molecule has 2 heterocycles. The second-order valence-electron chi connectivity index (χ2n) is 10.5. The van der Waals surface area contributed by atoms with E-state index in [1.165, 1.54) is 11.3 Å². The first kappa shape index (κ1) is 30.3. The average Bonchev–Trinajstić information content (AvgIpc) is 3.38. The number of aromatic nitrogens is 1. The topological polar surface area (TPSA) is 119 Å². The normalized spacial score (nSPS) is 14.3. The quantitative estimate of drug-likeness (QED) is 0.232. The maximum atomic E-state index is 14.0. The average molecular weight is 632 g/mol. The molecule has 46 heavy (non-hydrogen) atoms. The van der Waals surface area contributed by atoms with E-state index in [1.807, 2.05) is 66.7 Å². The minimum Gasteiger partial charge on any atom is -0.497 e. The minimum atomic E-state index is -0.976. The molecule has 0 aliphatic carbocycles. The Kier molecular flexibility index (Phi) is 8.62. The first-order chi connectivity index (χ1) is 22.3. The van der Waals surface area contributed by atoms with Crippen LogP contribution in [-0.2, 0) is 11.4 Å². The van der Waals surface area contributed by atoms with Crippen molar-refractivity contribution in [2.24, 2.45) is 4.99 Å². The van der Waals surface area contributed by atoms with E-state index in [1.54, 1.807) is 61.1 Å². The number of aromatic carboxylic acids is 1. The van der Waals surface area contributed by atoms with Crippen molar-refractivity contribution in [3.8, 4) is 11.5 Å². The Morgan fingerprint density at radius 2 is 1.61 bits per heavy atom. The molecule has 2 N–H and O–H groups in total. The lowest BCUT2D eigenvalue weighted by atomic mass is 9.95. The maximum absolute atomic E-state index is 14.0. The zero-order valence-corrected chi connectivity index (χ0v) is 25.8. The highest BCUT2D eigenvalue weighted by Gasteiger charge is 2.32. The smallest absolute Gasteiger partial charge is 0.335 e. The van der Waals surface area contributed by atoms with Gasteiger partial charge in [0.1, 0.15) is 18.1 Å².